The maximum atomic E-state index is 12.9. The highest BCUT2D eigenvalue weighted by atomic mass is 32.2. The summed E-state index contributed by atoms with van der Waals surface area (Å²) >= 11 is 0. The van der Waals surface area contributed by atoms with Crippen LogP contribution in [0.25, 0.3) is 0 Å². The lowest BCUT2D eigenvalue weighted by Crippen LogP contribution is -2.53. The molecule has 2 heterocycles. The minimum atomic E-state index is -3.73. The molecule has 2 atom stereocenters. The van der Waals surface area contributed by atoms with Gasteiger partial charge in [-0.3, -0.25) is 9.69 Å². The fourth-order valence-corrected chi connectivity index (χ4v) is 5.88. The van der Waals surface area contributed by atoms with E-state index in [1.807, 2.05) is 6.07 Å². The molecule has 0 saturated carbocycles. The molecular formula is C20H28N4O3S. The highest BCUT2D eigenvalue weighted by Crippen LogP contribution is 2.22. The van der Waals surface area contributed by atoms with Crippen molar-refractivity contribution in [3.63, 3.8) is 0 Å². The molecule has 3 rings (SSSR count). The van der Waals surface area contributed by atoms with Gasteiger partial charge in [0.2, 0.25) is 15.9 Å². The average molecular weight is 405 g/mol. The zero-order valence-electron chi connectivity index (χ0n) is 16.5. The number of piperazine rings is 1. The van der Waals surface area contributed by atoms with Crippen LogP contribution in [0.3, 0.4) is 0 Å². The van der Waals surface area contributed by atoms with Crippen LogP contribution in [0.2, 0.25) is 0 Å². The number of likely N-dealkylation sites (tertiary alicyclic amines) is 1. The Labute approximate surface area is 167 Å². The van der Waals surface area contributed by atoms with Crippen LogP contribution in [-0.4, -0.2) is 74.2 Å². The van der Waals surface area contributed by atoms with E-state index in [0.717, 1.165) is 13.1 Å². The molecule has 0 bridgehead atoms. The van der Waals surface area contributed by atoms with E-state index in [9.17, 15) is 18.5 Å². The molecule has 7 nitrogen and oxygen atoms in total. The van der Waals surface area contributed by atoms with Crippen molar-refractivity contribution in [3.05, 3.63) is 29.8 Å². The number of rotatable bonds is 4. The minimum Gasteiger partial charge on any atom is -0.339 e. The second-order valence-corrected chi connectivity index (χ2v) is 9.94. The maximum Gasteiger partial charge on any atom is 0.244 e. The lowest BCUT2D eigenvalue weighted by molar-refractivity contribution is -0.134. The molecule has 2 aliphatic heterocycles. The second kappa shape index (κ2) is 8.60. The van der Waals surface area contributed by atoms with Crippen molar-refractivity contribution in [1.29, 1.82) is 5.26 Å². The van der Waals surface area contributed by atoms with Gasteiger partial charge in [0.15, 0.2) is 0 Å². The summed E-state index contributed by atoms with van der Waals surface area (Å²) in [5.74, 6) is 1.26. The number of carbonyl (C=O) groups excluding carboxylic acids is 1. The van der Waals surface area contributed by atoms with E-state index >= 15 is 0 Å². The van der Waals surface area contributed by atoms with E-state index in [4.69, 9.17) is 0 Å². The summed E-state index contributed by atoms with van der Waals surface area (Å²) in [5, 5.41) is 9.20. The van der Waals surface area contributed by atoms with E-state index in [-0.39, 0.29) is 29.5 Å². The Morgan fingerprint density at radius 1 is 1.11 bits per heavy atom. The first-order chi connectivity index (χ1) is 13.3. The van der Waals surface area contributed by atoms with Gasteiger partial charge in [-0.1, -0.05) is 26.0 Å². The molecule has 1 aromatic carbocycles. The lowest BCUT2D eigenvalue weighted by atomic mass is 9.92. The Morgan fingerprint density at radius 2 is 1.71 bits per heavy atom. The van der Waals surface area contributed by atoms with Crippen LogP contribution in [0.4, 0.5) is 0 Å². The summed E-state index contributed by atoms with van der Waals surface area (Å²) in [5.41, 5.74) is 0.148. The third kappa shape index (κ3) is 4.54. The molecule has 8 heteroatoms. The fourth-order valence-electron chi connectivity index (χ4n) is 4.31. The van der Waals surface area contributed by atoms with E-state index in [0.29, 0.717) is 31.5 Å². The van der Waals surface area contributed by atoms with Gasteiger partial charge in [-0.15, -0.1) is 0 Å². The highest BCUT2D eigenvalue weighted by molar-refractivity contribution is 7.89. The number of benzene rings is 1. The number of hydrogen-bond acceptors (Lipinski definition) is 5. The molecule has 0 radical (unpaired) electrons. The summed E-state index contributed by atoms with van der Waals surface area (Å²) in [6.07, 6.45) is 1.20. The molecule has 1 amide bonds. The topological polar surface area (TPSA) is 84.7 Å². The predicted molar refractivity (Wildman–Crippen MR) is 106 cm³/mol. The second-order valence-electron chi connectivity index (χ2n) is 8.03. The monoisotopic (exact) mass is 404 g/mol. The number of piperidine rings is 1. The van der Waals surface area contributed by atoms with Crippen LogP contribution < -0.4 is 0 Å². The normalized spacial score (nSPS) is 24.7. The molecule has 2 aliphatic rings. The van der Waals surface area contributed by atoms with Crippen molar-refractivity contribution in [1.82, 2.24) is 14.1 Å². The standard InChI is InChI=1S/C20H28N4O3S/c1-16-11-17(2)14-22(13-16)15-20(25)23-7-9-24(10-8-23)28(26,27)19-6-4-3-5-18(19)12-21/h3-6,16-17H,7-11,13-15H2,1-2H3/t16-,17-/m0/s1. The number of hydrogen-bond donors (Lipinski definition) is 0. The van der Waals surface area contributed by atoms with E-state index in [1.54, 1.807) is 17.0 Å². The molecule has 0 N–H and O–H groups in total. The summed E-state index contributed by atoms with van der Waals surface area (Å²) in [6, 6.07) is 8.18. The van der Waals surface area contributed by atoms with Crippen molar-refractivity contribution in [2.45, 2.75) is 25.2 Å². The number of amides is 1. The quantitative estimate of drug-likeness (QED) is 0.757. The number of sulfonamides is 1. The molecule has 0 unspecified atom stereocenters. The van der Waals surface area contributed by atoms with Gasteiger partial charge in [0.1, 0.15) is 6.07 Å². The van der Waals surface area contributed by atoms with E-state index < -0.39 is 10.0 Å². The Bertz CT molecular complexity index is 846. The predicted octanol–water partition coefficient (Wildman–Crippen LogP) is 1.37. The van der Waals surface area contributed by atoms with Crippen molar-refractivity contribution in [3.8, 4) is 6.07 Å². The van der Waals surface area contributed by atoms with Crippen molar-refractivity contribution in [2.75, 3.05) is 45.8 Å². The molecule has 0 aromatic heterocycles. The molecular weight excluding hydrogens is 376 g/mol. The number of nitrogens with zero attached hydrogens (tertiary/aromatic N) is 4. The van der Waals surface area contributed by atoms with Crippen molar-refractivity contribution >= 4 is 15.9 Å². The first-order valence-corrected chi connectivity index (χ1v) is 11.2. The Balaban J connectivity index is 1.59. The third-order valence-electron chi connectivity index (χ3n) is 5.52. The summed E-state index contributed by atoms with van der Waals surface area (Å²) in [7, 11) is -3.73. The first kappa shape index (κ1) is 20.8. The Kier molecular flexibility index (Phi) is 6.38. The maximum absolute atomic E-state index is 12.9. The molecule has 1 aromatic rings. The largest absolute Gasteiger partial charge is 0.339 e. The highest BCUT2D eigenvalue weighted by Gasteiger charge is 2.32. The van der Waals surface area contributed by atoms with Crippen LogP contribution in [0.5, 0.6) is 0 Å². The molecule has 152 valence electrons. The molecule has 2 fully saturated rings. The van der Waals surface area contributed by atoms with Gasteiger partial charge in [-0.25, -0.2) is 8.42 Å². The zero-order chi connectivity index (χ0) is 20.3. The van der Waals surface area contributed by atoms with E-state index in [2.05, 4.69) is 18.7 Å². The smallest absolute Gasteiger partial charge is 0.244 e. The molecule has 2 saturated heterocycles. The van der Waals surface area contributed by atoms with Crippen LogP contribution in [0, 0.1) is 23.2 Å². The molecule has 0 spiro atoms. The van der Waals surface area contributed by atoms with Crippen LogP contribution in [0.15, 0.2) is 29.2 Å². The number of carbonyl (C=O) groups is 1. The third-order valence-corrected chi connectivity index (χ3v) is 7.48. The van der Waals surface area contributed by atoms with Crippen LogP contribution in [-0.2, 0) is 14.8 Å². The van der Waals surface area contributed by atoms with Crippen molar-refractivity contribution in [2.24, 2.45) is 11.8 Å². The van der Waals surface area contributed by atoms with E-state index in [1.165, 1.54) is 22.9 Å². The van der Waals surface area contributed by atoms with Gasteiger partial charge in [0.25, 0.3) is 0 Å². The van der Waals surface area contributed by atoms with Gasteiger partial charge in [0.05, 0.1) is 17.0 Å². The van der Waals surface area contributed by atoms with Gasteiger partial charge in [-0.05, 0) is 30.4 Å². The average Bonchev–Trinajstić information content (AvgIpc) is 2.67. The summed E-state index contributed by atoms with van der Waals surface area (Å²) in [4.78, 5) is 16.7. The van der Waals surface area contributed by atoms with Crippen molar-refractivity contribution < 1.29 is 13.2 Å². The van der Waals surface area contributed by atoms with Crippen LogP contribution in [0.1, 0.15) is 25.8 Å². The van der Waals surface area contributed by atoms with Gasteiger partial charge in [-0.2, -0.15) is 9.57 Å². The first-order valence-electron chi connectivity index (χ1n) is 9.80. The SMILES string of the molecule is C[C@H]1C[C@H](C)CN(CC(=O)N2CCN(S(=O)(=O)c3ccccc3C#N)CC2)C1. The summed E-state index contributed by atoms with van der Waals surface area (Å²) < 4.78 is 27.2. The van der Waals surface area contributed by atoms with Crippen LogP contribution >= 0.6 is 0 Å². The van der Waals surface area contributed by atoms with Gasteiger partial charge >= 0.3 is 0 Å². The minimum absolute atomic E-state index is 0.0357. The zero-order valence-corrected chi connectivity index (χ0v) is 17.4. The molecule has 0 aliphatic carbocycles. The Hall–Kier alpha value is -1.95. The number of nitriles is 1. The van der Waals surface area contributed by atoms with Gasteiger partial charge in [0, 0.05) is 39.3 Å². The fraction of sp³-hybridized carbons (Fsp3) is 0.600. The molecule has 28 heavy (non-hydrogen) atoms. The Morgan fingerprint density at radius 3 is 2.32 bits per heavy atom. The summed E-state index contributed by atoms with van der Waals surface area (Å²) in [6.45, 7) is 7.98. The van der Waals surface area contributed by atoms with Gasteiger partial charge < -0.3 is 4.90 Å². The lowest BCUT2D eigenvalue weighted by Gasteiger charge is -2.38.